The van der Waals surface area contributed by atoms with Crippen molar-refractivity contribution >= 4 is 17.2 Å². The van der Waals surface area contributed by atoms with Gasteiger partial charge in [-0.2, -0.15) is 5.10 Å². The molecule has 0 saturated heterocycles. The molecule has 0 bridgehead atoms. The Labute approximate surface area is 189 Å². The quantitative estimate of drug-likeness (QED) is 0.483. The highest BCUT2D eigenvalue weighted by atomic mass is 32.1. The van der Waals surface area contributed by atoms with Crippen LogP contribution in [0.2, 0.25) is 0 Å². The van der Waals surface area contributed by atoms with Gasteiger partial charge in [0.25, 0.3) is 5.91 Å². The van der Waals surface area contributed by atoms with Gasteiger partial charge in [0.1, 0.15) is 10.7 Å². The topological polar surface area (TPSA) is 78.3 Å². The zero-order chi connectivity index (χ0) is 21.9. The first-order valence-electron chi connectivity index (χ1n) is 10.4. The molecule has 0 spiro atoms. The van der Waals surface area contributed by atoms with E-state index in [-0.39, 0.29) is 11.9 Å². The van der Waals surface area contributed by atoms with Gasteiger partial charge in [0.2, 0.25) is 0 Å². The van der Waals surface area contributed by atoms with Gasteiger partial charge in [0.05, 0.1) is 31.1 Å². The summed E-state index contributed by atoms with van der Waals surface area (Å²) in [4.78, 5) is 17.3. The Morgan fingerprint density at radius 1 is 1.12 bits per heavy atom. The van der Waals surface area contributed by atoms with Crippen LogP contribution < -0.4 is 14.8 Å². The third-order valence-electron chi connectivity index (χ3n) is 5.21. The number of rotatable bonds is 5. The van der Waals surface area contributed by atoms with Crippen LogP contribution >= 0.6 is 11.3 Å². The van der Waals surface area contributed by atoms with Crippen LogP contribution in [0.3, 0.4) is 0 Å². The van der Waals surface area contributed by atoms with E-state index in [0.29, 0.717) is 24.7 Å². The second-order valence-corrected chi connectivity index (χ2v) is 8.36. The van der Waals surface area contributed by atoms with Crippen molar-refractivity contribution in [3.63, 3.8) is 0 Å². The smallest absolute Gasteiger partial charge is 0.271 e. The average Bonchev–Trinajstić information content (AvgIpc) is 3.45. The first-order chi connectivity index (χ1) is 15.7. The summed E-state index contributed by atoms with van der Waals surface area (Å²) in [6, 6.07) is 15.4. The summed E-state index contributed by atoms with van der Waals surface area (Å²) >= 11 is 1.42. The highest BCUT2D eigenvalue weighted by Gasteiger charge is 2.18. The molecule has 1 aliphatic heterocycles. The lowest BCUT2D eigenvalue weighted by molar-refractivity contribution is 0.0935. The monoisotopic (exact) mass is 446 g/mol. The first kappa shape index (κ1) is 20.3. The maximum Gasteiger partial charge on any atom is 0.271 e. The molecule has 0 saturated carbocycles. The number of hydrogen-bond donors (Lipinski definition) is 1. The molecule has 32 heavy (non-hydrogen) atoms. The molecule has 2 aromatic heterocycles. The molecule has 0 radical (unpaired) electrons. The van der Waals surface area contributed by atoms with Crippen molar-refractivity contribution in [1.82, 2.24) is 20.1 Å². The van der Waals surface area contributed by atoms with Crippen molar-refractivity contribution in [1.29, 1.82) is 0 Å². The molecule has 2 aromatic carbocycles. The molecule has 1 unspecified atom stereocenters. The molecule has 5 rings (SSSR count). The number of carbonyl (C=O) groups is 1. The lowest BCUT2D eigenvalue weighted by Gasteiger charge is -2.16. The van der Waals surface area contributed by atoms with Crippen molar-refractivity contribution in [3.8, 4) is 27.8 Å². The average molecular weight is 447 g/mol. The third kappa shape index (κ3) is 4.22. The van der Waals surface area contributed by atoms with Crippen LogP contribution in [0.5, 0.6) is 11.5 Å². The minimum Gasteiger partial charge on any atom is -0.490 e. The van der Waals surface area contributed by atoms with Gasteiger partial charge >= 0.3 is 0 Å². The highest BCUT2D eigenvalue weighted by Crippen LogP contribution is 2.32. The standard InChI is InChI=1S/C24H22N4O3S/c1-16(17-8-9-21-22(12-17)31-11-5-10-30-21)26-23(29)20-15-32-24(27-20)18-13-25-28(14-18)19-6-3-2-4-7-19/h2-4,6-9,12-16H,5,10-11H2,1H3,(H,26,29). The normalized spacial score (nSPS) is 13.9. The van der Waals surface area contributed by atoms with Gasteiger partial charge in [0.15, 0.2) is 11.5 Å². The van der Waals surface area contributed by atoms with Crippen LogP contribution in [0.15, 0.2) is 66.3 Å². The second kappa shape index (κ2) is 8.84. The van der Waals surface area contributed by atoms with Crippen molar-refractivity contribution in [2.45, 2.75) is 19.4 Å². The fourth-order valence-corrected chi connectivity index (χ4v) is 4.24. The van der Waals surface area contributed by atoms with E-state index in [0.717, 1.165) is 34.0 Å². The number of ether oxygens (including phenoxy) is 2. The maximum atomic E-state index is 12.8. The highest BCUT2D eigenvalue weighted by molar-refractivity contribution is 7.13. The Kier molecular flexibility index (Phi) is 5.60. The summed E-state index contributed by atoms with van der Waals surface area (Å²) in [6.45, 7) is 3.21. The van der Waals surface area contributed by atoms with Crippen LogP contribution in [0.1, 0.15) is 35.4 Å². The number of thiazole rings is 1. The van der Waals surface area contributed by atoms with Crippen LogP contribution in [0.25, 0.3) is 16.3 Å². The molecular weight excluding hydrogens is 424 g/mol. The lowest BCUT2D eigenvalue weighted by Crippen LogP contribution is -2.26. The number of para-hydroxylation sites is 1. The summed E-state index contributed by atoms with van der Waals surface area (Å²) in [5.41, 5.74) is 3.17. The predicted octanol–water partition coefficient (Wildman–Crippen LogP) is 4.65. The van der Waals surface area contributed by atoms with Crippen LogP contribution in [0.4, 0.5) is 0 Å². The summed E-state index contributed by atoms with van der Waals surface area (Å²) in [7, 11) is 0. The number of benzene rings is 2. The van der Waals surface area contributed by atoms with Gasteiger partial charge in [-0.05, 0) is 36.8 Å². The van der Waals surface area contributed by atoms with Gasteiger partial charge < -0.3 is 14.8 Å². The minimum atomic E-state index is -0.220. The number of aromatic nitrogens is 3. The molecule has 1 amide bonds. The van der Waals surface area contributed by atoms with Crippen LogP contribution in [0, 0.1) is 0 Å². The predicted molar refractivity (Wildman–Crippen MR) is 123 cm³/mol. The summed E-state index contributed by atoms with van der Waals surface area (Å²) < 4.78 is 13.2. The Morgan fingerprint density at radius 2 is 1.94 bits per heavy atom. The number of hydrogen-bond acceptors (Lipinski definition) is 6. The van der Waals surface area contributed by atoms with Crippen molar-refractivity contribution in [2.75, 3.05) is 13.2 Å². The molecule has 0 aliphatic carbocycles. The number of nitrogens with zero attached hydrogens (tertiary/aromatic N) is 3. The summed E-state index contributed by atoms with van der Waals surface area (Å²) in [5, 5.41) is 9.95. The van der Waals surface area contributed by atoms with E-state index in [9.17, 15) is 4.79 Å². The molecule has 7 nitrogen and oxygen atoms in total. The second-order valence-electron chi connectivity index (χ2n) is 7.50. The Bertz CT molecular complexity index is 1240. The molecule has 1 aliphatic rings. The van der Waals surface area contributed by atoms with Crippen LogP contribution in [-0.4, -0.2) is 33.9 Å². The van der Waals surface area contributed by atoms with E-state index in [1.54, 1.807) is 16.3 Å². The molecular formula is C24H22N4O3S. The van der Waals surface area contributed by atoms with Gasteiger partial charge in [-0.15, -0.1) is 11.3 Å². The fourth-order valence-electron chi connectivity index (χ4n) is 3.47. The minimum absolute atomic E-state index is 0.203. The van der Waals surface area contributed by atoms with Gasteiger partial charge in [-0.3, -0.25) is 4.79 Å². The van der Waals surface area contributed by atoms with Gasteiger partial charge in [-0.1, -0.05) is 24.3 Å². The molecule has 8 heteroatoms. The lowest BCUT2D eigenvalue weighted by atomic mass is 10.1. The zero-order valence-corrected chi connectivity index (χ0v) is 18.3. The number of carbonyl (C=O) groups excluding carboxylic acids is 1. The number of amides is 1. The summed E-state index contributed by atoms with van der Waals surface area (Å²) in [6.07, 6.45) is 4.52. The molecule has 1 N–H and O–H groups in total. The molecule has 3 heterocycles. The fraction of sp³-hybridized carbons (Fsp3) is 0.208. The van der Waals surface area contributed by atoms with E-state index in [4.69, 9.17) is 9.47 Å². The third-order valence-corrected chi connectivity index (χ3v) is 6.10. The summed E-state index contributed by atoms with van der Waals surface area (Å²) in [5.74, 6) is 1.24. The number of fused-ring (bicyclic) bond motifs is 1. The molecule has 0 fully saturated rings. The van der Waals surface area contributed by atoms with Gasteiger partial charge in [0, 0.05) is 23.6 Å². The Hall–Kier alpha value is -3.65. The van der Waals surface area contributed by atoms with Gasteiger partial charge in [-0.25, -0.2) is 9.67 Å². The SMILES string of the molecule is CC(NC(=O)c1csc(-c2cnn(-c3ccccc3)c2)n1)c1ccc2c(c1)OCCCO2. The van der Waals surface area contributed by atoms with Crippen molar-refractivity contribution in [2.24, 2.45) is 0 Å². The molecule has 4 aromatic rings. The largest absolute Gasteiger partial charge is 0.490 e. The van der Waals surface area contributed by atoms with Crippen LogP contribution in [-0.2, 0) is 0 Å². The van der Waals surface area contributed by atoms with E-state index in [2.05, 4.69) is 15.4 Å². The van der Waals surface area contributed by atoms with E-state index < -0.39 is 0 Å². The number of nitrogens with one attached hydrogen (secondary N) is 1. The zero-order valence-electron chi connectivity index (χ0n) is 17.5. The van der Waals surface area contributed by atoms with E-state index in [1.165, 1.54) is 11.3 Å². The van der Waals surface area contributed by atoms with E-state index in [1.807, 2.05) is 61.7 Å². The van der Waals surface area contributed by atoms with Crippen molar-refractivity contribution in [3.05, 3.63) is 77.6 Å². The maximum absolute atomic E-state index is 12.8. The molecule has 162 valence electrons. The first-order valence-corrected chi connectivity index (χ1v) is 11.3. The van der Waals surface area contributed by atoms with E-state index >= 15 is 0 Å². The van der Waals surface area contributed by atoms with Crippen molar-refractivity contribution < 1.29 is 14.3 Å². The Balaban J connectivity index is 1.28. The Morgan fingerprint density at radius 3 is 2.78 bits per heavy atom. The molecule has 1 atom stereocenters.